The first-order valence-corrected chi connectivity index (χ1v) is 6.70. The molecular weight excluding hydrogens is 244 g/mol. The summed E-state index contributed by atoms with van der Waals surface area (Å²) >= 11 is 0. The van der Waals surface area contributed by atoms with Crippen molar-refractivity contribution in [3.8, 4) is 0 Å². The van der Waals surface area contributed by atoms with E-state index in [0.29, 0.717) is 13.2 Å². The maximum absolute atomic E-state index is 12.0. The van der Waals surface area contributed by atoms with Crippen LogP contribution in [0, 0.1) is 0 Å². The highest BCUT2D eigenvalue weighted by atomic mass is 16.7. The largest absolute Gasteiger partial charge is 0.346 e. The molecule has 1 aromatic carbocycles. The highest BCUT2D eigenvalue weighted by Gasteiger charge is 2.23. The number of hydrogen-bond donors (Lipinski definition) is 2. The molecule has 2 aliphatic rings. The minimum absolute atomic E-state index is 0.0305. The van der Waals surface area contributed by atoms with Crippen LogP contribution in [0.4, 0.5) is 5.69 Å². The van der Waals surface area contributed by atoms with Gasteiger partial charge in [0.2, 0.25) is 5.91 Å². The molecule has 0 aliphatic carbocycles. The summed E-state index contributed by atoms with van der Waals surface area (Å²) < 4.78 is 10.9. The summed E-state index contributed by atoms with van der Waals surface area (Å²) in [6.07, 6.45) is 1.66. The molecule has 102 valence electrons. The Balaban J connectivity index is 1.66. The standard InChI is InChI=1S/C14H18N2O3/c17-13(12-5-2-6-15-12)16-11-4-1-3-10(9-11)14-18-7-8-19-14/h1,3-4,9,12,14-15H,2,5-8H2,(H,16,17)/t12-/m1/s1. The average Bonchev–Trinajstić information content (AvgIpc) is 3.13. The fraction of sp³-hybridized carbons (Fsp3) is 0.500. The van der Waals surface area contributed by atoms with Crippen LogP contribution in [0.15, 0.2) is 24.3 Å². The van der Waals surface area contributed by atoms with Crippen molar-refractivity contribution in [2.75, 3.05) is 25.1 Å². The van der Waals surface area contributed by atoms with Crippen LogP contribution in [0.5, 0.6) is 0 Å². The van der Waals surface area contributed by atoms with Crippen LogP contribution in [0.25, 0.3) is 0 Å². The van der Waals surface area contributed by atoms with Crippen molar-refractivity contribution in [1.29, 1.82) is 0 Å². The number of nitrogens with one attached hydrogen (secondary N) is 2. The molecule has 0 radical (unpaired) electrons. The second kappa shape index (κ2) is 5.69. The van der Waals surface area contributed by atoms with Crippen LogP contribution in [0.1, 0.15) is 24.7 Å². The Bertz CT molecular complexity index is 452. The molecule has 2 heterocycles. The summed E-state index contributed by atoms with van der Waals surface area (Å²) in [5.74, 6) is 0.0305. The van der Waals surface area contributed by atoms with E-state index in [-0.39, 0.29) is 18.2 Å². The summed E-state index contributed by atoms with van der Waals surface area (Å²) in [6.45, 7) is 2.16. The maximum Gasteiger partial charge on any atom is 0.241 e. The number of hydrogen-bond acceptors (Lipinski definition) is 4. The first kappa shape index (κ1) is 12.6. The fourth-order valence-corrected chi connectivity index (χ4v) is 2.45. The quantitative estimate of drug-likeness (QED) is 0.865. The average molecular weight is 262 g/mol. The van der Waals surface area contributed by atoms with Crippen molar-refractivity contribution < 1.29 is 14.3 Å². The molecule has 0 spiro atoms. The summed E-state index contributed by atoms with van der Waals surface area (Å²) in [5, 5.41) is 6.12. The first-order valence-electron chi connectivity index (χ1n) is 6.70. The molecule has 1 atom stereocenters. The monoisotopic (exact) mass is 262 g/mol. The van der Waals surface area contributed by atoms with Crippen LogP contribution in [-0.4, -0.2) is 31.7 Å². The smallest absolute Gasteiger partial charge is 0.241 e. The topological polar surface area (TPSA) is 59.6 Å². The van der Waals surface area contributed by atoms with Gasteiger partial charge in [0.05, 0.1) is 19.3 Å². The van der Waals surface area contributed by atoms with E-state index < -0.39 is 0 Å². The number of anilines is 1. The maximum atomic E-state index is 12.0. The number of carbonyl (C=O) groups is 1. The van der Waals surface area contributed by atoms with Gasteiger partial charge in [-0.3, -0.25) is 4.79 Å². The lowest BCUT2D eigenvalue weighted by molar-refractivity contribution is -0.117. The van der Waals surface area contributed by atoms with Gasteiger partial charge in [0, 0.05) is 11.3 Å². The third kappa shape index (κ3) is 2.94. The summed E-state index contributed by atoms with van der Waals surface area (Å²) in [6, 6.07) is 7.56. The summed E-state index contributed by atoms with van der Waals surface area (Å²) in [7, 11) is 0. The zero-order valence-corrected chi connectivity index (χ0v) is 10.7. The van der Waals surface area contributed by atoms with E-state index in [1.165, 1.54) is 0 Å². The van der Waals surface area contributed by atoms with E-state index in [1.807, 2.05) is 24.3 Å². The number of rotatable bonds is 3. The van der Waals surface area contributed by atoms with Crippen molar-refractivity contribution in [3.63, 3.8) is 0 Å². The van der Waals surface area contributed by atoms with Gasteiger partial charge in [0.25, 0.3) is 0 Å². The molecule has 5 heteroatoms. The van der Waals surface area contributed by atoms with Gasteiger partial charge >= 0.3 is 0 Å². The van der Waals surface area contributed by atoms with Gasteiger partial charge < -0.3 is 20.1 Å². The number of ether oxygens (including phenoxy) is 2. The molecule has 1 amide bonds. The molecule has 2 fully saturated rings. The highest BCUT2D eigenvalue weighted by molar-refractivity contribution is 5.95. The number of carbonyl (C=O) groups excluding carboxylic acids is 1. The second-order valence-corrected chi connectivity index (χ2v) is 4.84. The van der Waals surface area contributed by atoms with Gasteiger partial charge in [-0.2, -0.15) is 0 Å². The third-order valence-corrected chi connectivity index (χ3v) is 3.42. The minimum Gasteiger partial charge on any atom is -0.346 e. The Labute approximate surface area is 112 Å². The van der Waals surface area contributed by atoms with E-state index >= 15 is 0 Å². The molecule has 2 aliphatic heterocycles. The summed E-state index contributed by atoms with van der Waals surface area (Å²) in [4.78, 5) is 12.0. The van der Waals surface area contributed by atoms with Gasteiger partial charge in [-0.1, -0.05) is 12.1 Å². The first-order chi connectivity index (χ1) is 9.33. The molecule has 0 aromatic heterocycles. The van der Waals surface area contributed by atoms with E-state index in [0.717, 1.165) is 30.6 Å². The van der Waals surface area contributed by atoms with Gasteiger partial charge in [-0.05, 0) is 31.5 Å². The van der Waals surface area contributed by atoms with Crippen LogP contribution in [0.3, 0.4) is 0 Å². The lowest BCUT2D eigenvalue weighted by atomic mass is 10.1. The molecular formula is C14H18N2O3. The molecule has 2 N–H and O–H groups in total. The Morgan fingerprint density at radius 2 is 2.16 bits per heavy atom. The highest BCUT2D eigenvalue weighted by Crippen LogP contribution is 2.25. The molecule has 1 aromatic rings. The molecule has 0 bridgehead atoms. The number of benzene rings is 1. The number of amides is 1. The Morgan fingerprint density at radius 3 is 2.89 bits per heavy atom. The predicted molar refractivity (Wildman–Crippen MR) is 70.7 cm³/mol. The van der Waals surface area contributed by atoms with Gasteiger partial charge in [0.15, 0.2) is 6.29 Å². The zero-order chi connectivity index (χ0) is 13.1. The van der Waals surface area contributed by atoms with Crippen LogP contribution in [0.2, 0.25) is 0 Å². The Kier molecular flexibility index (Phi) is 3.77. The fourth-order valence-electron chi connectivity index (χ4n) is 2.45. The lowest BCUT2D eigenvalue weighted by Crippen LogP contribution is -2.35. The Hall–Kier alpha value is -1.43. The van der Waals surface area contributed by atoms with Crippen molar-refractivity contribution in [1.82, 2.24) is 5.32 Å². The van der Waals surface area contributed by atoms with E-state index in [4.69, 9.17) is 9.47 Å². The molecule has 19 heavy (non-hydrogen) atoms. The van der Waals surface area contributed by atoms with Crippen LogP contribution in [-0.2, 0) is 14.3 Å². The van der Waals surface area contributed by atoms with E-state index in [9.17, 15) is 4.79 Å². The van der Waals surface area contributed by atoms with Crippen molar-refractivity contribution in [2.24, 2.45) is 0 Å². The minimum atomic E-state index is -0.304. The van der Waals surface area contributed by atoms with Gasteiger partial charge in [-0.15, -0.1) is 0 Å². The van der Waals surface area contributed by atoms with Crippen molar-refractivity contribution in [3.05, 3.63) is 29.8 Å². The Morgan fingerprint density at radius 1 is 1.32 bits per heavy atom. The normalized spacial score (nSPS) is 23.7. The van der Waals surface area contributed by atoms with Crippen molar-refractivity contribution in [2.45, 2.75) is 25.2 Å². The molecule has 5 nitrogen and oxygen atoms in total. The van der Waals surface area contributed by atoms with Crippen LogP contribution < -0.4 is 10.6 Å². The van der Waals surface area contributed by atoms with Crippen LogP contribution >= 0.6 is 0 Å². The lowest BCUT2D eigenvalue weighted by Gasteiger charge is -2.13. The molecule has 0 saturated carbocycles. The van der Waals surface area contributed by atoms with Gasteiger partial charge in [0.1, 0.15) is 0 Å². The molecule has 3 rings (SSSR count). The van der Waals surface area contributed by atoms with Gasteiger partial charge in [-0.25, -0.2) is 0 Å². The van der Waals surface area contributed by atoms with E-state index in [2.05, 4.69) is 10.6 Å². The summed E-state index contributed by atoms with van der Waals surface area (Å²) in [5.41, 5.74) is 1.73. The third-order valence-electron chi connectivity index (χ3n) is 3.42. The SMILES string of the molecule is O=C(Nc1cccc(C2OCCO2)c1)[C@H]1CCCN1. The zero-order valence-electron chi connectivity index (χ0n) is 10.7. The molecule has 0 unspecified atom stereocenters. The van der Waals surface area contributed by atoms with E-state index in [1.54, 1.807) is 0 Å². The molecule has 2 saturated heterocycles. The second-order valence-electron chi connectivity index (χ2n) is 4.84. The van der Waals surface area contributed by atoms with Crippen molar-refractivity contribution >= 4 is 11.6 Å². The predicted octanol–water partition coefficient (Wildman–Crippen LogP) is 1.42.